The first-order chi connectivity index (χ1) is 6.20. The van der Waals surface area contributed by atoms with Gasteiger partial charge < -0.3 is 9.67 Å². The fourth-order valence-electron chi connectivity index (χ4n) is 1.66. The van der Waals surface area contributed by atoms with Crippen LogP contribution in [0, 0.1) is 0 Å². The average molecular weight is 179 g/mol. The van der Waals surface area contributed by atoms with Crippen molar-refractivity contribution in [3.8, 4) is 0 Å². The summed E-state index contributed by atoms with van der Waals surface area (Å²) in [5.41, 5.74) is 0.433. The second-order valence-corrected chi connectivity index (χ2v) is 3.10. The van der Waals surface area contributed by atoms with Crippen LogP contribution >= 0.6 is 0 Å². The van der Waals surface area contributed by atoms with E-state index >= 15 is 0 Å². The standard InChI is InChI=1S/C9H9NO3/c11-8-7(9(12)13)4-3-6-2-1-5-10(6)8/h3-4H,1-2,5H2,(H,12,13). The zero-order valence-corrected chi connectivity index (χ0v) is 6.99. The Balaban J connectivity index is 2.66. The molecule has 2 heterocycles. The summed E-state index contributed by atoms with van der Waals surface area (Å²) < 4.78 is 1.55. The Morgan fingerprint density at radius 2 is 2.23 bits per heavy atom. The summed E-state index contributed by atoms with van der Waals surface area (Å²) in [6.07, 6.45) is 1.80. The molecular formula is C9H9NO3. The summed E-state index contributed by atoms with van der Waals surface area (Å²) in [5.74, 6) is -1.15. The number of hydrogen-bond acceptors (Lipinski definition) is 2. The third kappa shape index (κ3) is 1.14. The number of fused-ring (bicyclic) bond motifs is 1. The first kappa shape index (κ1) is 8.04. The normalized spacial score (nSPS) is 14.2. The molecule has 2 rings (SSSR count). The van der Waals surface area contributed by atoms with Crippen LogP contribution in [-0.2, 0) is 13.0 Å². The molecule has 0 fully saturated rings. The van der Waals surface area contributed by atoms with Crippen molar-refractivity contribution in [3.63, 3.8) is 0 Å². The second kappa shape index (κ2) is 2.73. The van der Waals surface area contributed by atoms with Gasteiger partial charge in [0, 0.05) is 12.2 Å². The van der Waals surface area contributed by atoms with Gasteiger partial charge in [0.1, 0.15) is 5.56 Å². The molecule has 0 aliphatic carbocycles. The highest BCUT2D eigenvalue weighted by Gasteiger charge is 2.16. The van der Waals surface area contributed by atoms with Crippen molar-refractivity contribution in [2.45, 2.75) is 19.4 Å². The van der Waals surface area contributed by atoms with Gasteiger partial charge in [-0.15, -0.1) is 0 Å². The first-order valence-corrected chi connectivity index (χ1v) is 4.16. The summed E-state index contributed by atoms with van der Waals surface area (Å²) in [6.45, 7) is 0.648. The molecule has 68 valence electrons. The number of aromatic carboxylic acids is 1. The van der Waals surface area contributed by atoms with Gasteiger partial charge in [-0.25, -0.2) is 4.79 Å². The van der Waals surface area contributed by atoms with Crippen LogP contribution in [0.25, 0.3) is 0 Å². The lowest BCUT2D eigenvalue weighted by molar-refractivity contribution is 0.0694. The molecule has 4 heteroatoms. The van der Waals surface area contributed by atoms with Crippen LogP contribution in [0.5, 0.6) is 0 Å². The highest BCUT2D eigenvalue weighted by molar-refractivity contribution is 5.87. The van der Waals surface area contributed by atoms with E-state index in [2.05, 4.69) is 0 Å². The molecule has 0 unspecified atom stereocenters. The Hall–Kier alpha value is -1.58. The number of carbonyl (C=O) groups is 1. The van der Waals surface area contributed by atoms with E-state index in [1.807, 2.05) is 0 Å². The SMILES string of the molecule is O=C(O)c1ccc2n(c1=O)CCC2. The van der Waals surface area contributed by atoms with Crippen LogP contribution < -0.4 is 5.56 Å². The lowest BCUT2D eigenvalue weighted by Crippen LogP contribution is -2.25. The smallest absolute Gasteiger partial charge is 0.341 e. The molecule has 0 saturated heterocycles. The number of pyridine rings is 1. The quantitative estimate of drug-likeness (QED) is 0.682. The molecule has 1 aliphatic heterocycles. The van der Waals surface area contributed by atoms with Gasteiger partial charge in [-0.05, 0) is 25.0 Å². The predicted octanol–water partition coefficient (Wildman–Crippen LogP) is 0.493. The van der Waals surface area contributed by atoms with Gasteiger partial charge in [-0.1, -0.05) is 0 Å². The van der Waals surface area contributed by atoms with Gasteiger partial charge in [-0.3, -0.25) is 4.79 Å². The van der Waals surface area contributed by atoms with E-state index in [1.54, 1.807) is 10.6 Å². The predicted molar refractivity (Wildman–Crippen MR) is 46.0 cm³/mol. The summed E-state index contributed by atoms with van der Waals surface area (Å²) in [7, 11) is 0. The monoisotopic (exact) mass is 179 g/mol. The third-order valence-corrected chi connectivity index (χ3v) is 2.31. The van der Waals surface area contributed by atoms with Crippen LogP contribution in [0.2, 0.25) is 0 Å². The molecule has 0 spiro atoms. The Morgan fingerprint density at radius 3 is 2.92 bits per heavy atom. The third-order valence-electron chi connectivity index (χ3n) is 2.31. The van der Waals surface area contributed by atoms with E-state index < -0.39 is 5.97 Å². The Bertz CT molecular complexity index is 419. The van der Waals surface area contributed by atoms with Crippen molar-refractivity contribution >= 4 is 5.97 Å². The van der Waals surface area contributed by atoms with Gasteiger partial charge in [0.05, 0.1) is 0 Å². The van der Waals surface area contributed by atoms with Crippen molar-refractivity contribution in [2.75, 3.05) is 0 Å². The zero-order valence-electron chi connectivity index (χ0n) is 6.99. The molecule has 0 bridgehead atoms. The van der Waals surface area contributed by atoms with Crippen LogP contribution in [-0.4, -0.2) is 15.6 Å². The summed E-state index contributed by atoms with van der Waals surface area (Å²) in [6, 6.07) is 3.11. The summed E-state index contributed by atoms with van der Waals surface area (Å²) in [5, 5.41) is 8.68. The van der Waals surface area contributed by atoms with E-state index in [9.17, 15) is 9.59 Å². The van der Waals surface area contributed by atoms with E-state index in [1.165, 1.54) is 6.07 Å². The van der Waals surface area contributed by atoms with E-state index in [-0.39, 0.29) is 11.1 Å². The van der Waals surface area contributed by atoms with Crippen LogP contribution in [0.1, 0.15) is 22.5 Å². The topological polar surface area (TPSA) is 59.3 Å². The molecule has 1 N–H and O–H groups in total. The minimum absolute atomic E-state index is 0.134. The van der Waals surface area contributed by atoms with Crippen LogP contribution in [0.15, 0.2) is 16.9 Å². The molecule has 4 nitrogen and oxygen atoms in total. The maximum absolute atomic E-state index is 11.5. The Kier molecular flexibility index (Phi) is 1.69. The molecule has 0 atom stereocenters. The highest BCUT2D eigenvalue weighted by atomic mass is 16.4. The minimum atomic E-state index is -1.15. The molecule has 1 aromatic heterocycles. The Labute approximate surface area is 74.4 Å². The molecule has 0 saturated carbocycles. The number of nitrogens with zero attached hydrogens (tertiary/aromatic N) is 1. The maximum Gasteiger partial charge on any atom is 0.341 e. The van der Waals surface area contributed by atoms with Crippen molar-refractivity contribution in [3.05, 3.63) is 33.7 Å². The summed E-state index contributed by atoms with van der Waals surface area (Å²) >= 11 is 0. The van der Waals surface area contributed by atoms with Crippen molar-refractivity contribution in [1.82, 2.24) is 4.57 Å². The molecule has 0 amide bonds. The van der Waals surface area contributed by atoms with E-state index in [0.717, 1.165) is 18.5 Å². The molecule has 13 heavy (non-hydrogen) atoms. The number of carboxylic acid groups (broad SMARTS) is 1. The second-order valence-electron chi connectivity index (χ2n) is 3.10. The molecule has 0 radical (unpaired) electrons. The summed E-state index contributed by atoms with van der Waals surface area (Å²) in [4.78, 5) is 22.1. The zero-order chi connectivity index (χ0) is 9.42. The van der Waals surface area contributed by atoms with E-state index in [0.29, 0.717) is 6.54 Å². The fourth-order valence-corrected chi connectivity index (χ4v) is 1.66. The average Bonchev–Trinajstić information content (AvgIpc) is 2.52. The minimum Gasteiger partial charge on any atom is -0.477 e. The lowest BCUT2D eigenvalue weighted by Gasteiger charge is -2.02. The maximum atomic E-state index is 11.5. The van der Waals surface area contributed by atoms with Gasteiger partial charge >= 0.3 is 5.97 Å². The van der Waals surface area contributed by atoms with Gasteiger partial charge in [-0.2, -0.15) is 0 Å². The van der Waals surface area contributed by atoms with Crippen LogP contribution in [0.4, 0.5) is 0 Å². The molecule has 0 aromatic carbocycles. The molecule has 1 aliphatic rings. The van der Waals surface area contributed by atoms with Gasteiger partial charge in [0.15, 0.2) is 0 Å². The number of carboxylic acids is 1. The number of rotatable bonds is 1. The van der Waals surface area contributed by atoms with Crippen LogP contribution in [0.3, 0.4) is 0 Å². The largest absolute Gasteiger partial charge is 0.477 e. The Morgan fingerprint density at radius 1 is 1.46 bits per heavy atom. The number of aromatic nitrogens is 1. The lowest BCUT2D eigenvalue weighted by atomic mass is 10.2. The fraction of sp³-hybridized carbons (Fsp3) is 0.333. The van der Waals surface area contributed by atoms with Gasteiger partial charge in [0.2, 0.25) is 0 Å². The highest BCUT2D eigenvalue weighted by Crippen LogP contribution is 2.11. The molecular weight excluding hydrogens is 170 g/mol. The first-order valence-electron chi connectivity index (χ1n) is 4.16. The van der Waals surface area contributed by atoms with Crippen molar-refractivity contribution in [2.24, 2.45) is 0 Å². The number of aryl methyl sites for hydroxylation is 1. The van der Waals surface area contributed by atoms with Gasteiger partial charge in [0.25, 0.3) is 5.56 Å². The van der Waals surface area contributed by atoms with E-state index in [4.69, 9.17) is 5.11 Å². The van der Waals surface area contributed by atoms with Crippen molar-refractivity contribution in [1.29, 1.82) is 0 Å². The molecule has 1 aromatic rings. The number of hydrogen-bond donors (Lipinski definition) is 1. The van der Waals surface area contributed by atoms with Crippen molar-refractivity contribution < 1.29 is 9.90 Å².